The van der Waals surface area contributed by atoms with Crippen LogP contribution in [-0.4, -0.2) is 19.7 Å². The number of fused-ring (bicyclic) bond motifs is 2. The van der Waals surface area contributed by atoms with E-state index in [0.717, 1.165) is 43.6 Å². The molecule has 0 fully saturated rings. The van der Waals surface area contributed by atoms with Gasteiger partial charge in [-0.2, -0.15) is 0 Å². The predicted octanol–water partition coefficient (Wildman–Crippen LogP) is 2.84. The fraction of sp³-hybridized carbons (Fsp3) is 0.333. The maximum Gasteiger partial charge on any atom is 0.284 e. The maximum absolute atomic E-state index is 12.6. The number of aryl methyl sites for hydroxylation is 1. The lowest BCUT2D eigenvalue weighted by molar-refractivity contribution is 0.552. The van der Waals surface area contributed by atoms with Gasteiger partial charge < -0.3 is 4.42 Å². The van der Waals surface area contributed by atoms with Crippen LogP contribution >= 0.6 is 12.2 Å². The maximum atomic E-state index is 12.6. The summed E-state index contributed by atoms with van der Waals surface area (Å²) in [6.45, 7) is 0.757. The van der Waals surface area contributed by atoms with E-state index in [1.54, 1.807) is 6.07 Å². The van der Waals surface area contributed by atoms with Crippen LogP contribution in [0, 0.1) is 4.84 Å². The van der Waals surface area contributed by atoms with Crippen molar-refractivity contribution in [2.24, 2.45) is 0 Å². The summed E-state index contributed by atoms with van der Waals surface area (Å²) in [4.78, 5) is 17.6. The monoisotopic (exact) mass is 314 g/mol. The van der Waals surface area contributed by atoms with Gasteiger partial charge in [0.05, 0.1) is 10.9 Å². The molecule has 3 heterocycles. The fourth-order valence-corrected chi connectivity index (χ4v) is 3.03. The van der Waals surface area contributed by atoms with Crippen molar-refractivity contribution >= 4 is 23.1 Å². The third kappa shape index (κ3) is 2.18. The van der Waals surface area contributed by atoms with Crippen LogP contribution in [0.1, 0.15) is 25.1 Å². The molecule has 1 aliphatic heterocycles. The van der Waals surface area contributed by atoms with E-state index in [9.17, 15) is 4.79 Å². The summed E-state index contributed by atoms with van der Waals surface area (Å²) in [5.41, 5.74) is 1.47. The summed E-state index contributed by atoms with van der Waals surface area (Å²) in [5.74, 6) is 1.28. The zero-order valence-electron chi connectivity index (χ0n) is 11.8. The summed E-state index contributed by atoms with van der Waals surface area (Å²) < 4.78 is 7.13. The lowest BCUT2D eigenvalue weighted by Gasteiger charge is -2.10. The van der Waals surface area contributed by atoms with Crippen LogP contribution in [0.4, 0.5) is 0 Å². The lowest BCUT2D eigenvalue weighted by Crippen LogP contribution is -2.24. The number of H-pyrrole nitrogens is 1. The number of rotatable bonds is 1. The van der Waals surface area contributed by atoms with Gasteiger partial charge in [-0.05, 0) is 43.3 Å². The average Bonchev–Trinajstić information content (AvgIpc) is 2.81. The molecule has 0 saturated heterocycles. The van der Waals surface area contributed by atoms with Crippen LogP contribution in [0.5, 0.6) is 0 Å². The standard InChI is InChI=1S/C15H14N4O2S/c20-14-10-6-5-9(13-17-18-15(22)21-13)8-11(10)16-12-4-2-1-3-7-19(12)14/h5-6,8H,1-4,7H2,(H,18,22). The Bertz CT molecular complexity index is 970. The summed E-state index contributed by atoms with van der Waals surface area (Å²) in [6, 6.07) is 5.42. The van der Waals surface area contributed by atoms with E-state index >= 15 is 0 Å². The van der Waals surface area contributed by atoms with Crippen LogP contribution in [0.15, 0.2) is 27.4 Å². The number of aromatic amines is 1. The minimum absolute atomic E-state index is 0.0383. The molecule has 0 amide bonds. The Hall–Kier alpha value is -2.28. The molecule has 1 aliphatic rings. The predicted molar refractivity (Wildman–Crippen MR) is 84.2 cm³/mol. The molecule has 2 aromatic heterocycles. The third-order valence-electron chi connectivity index (χ3n) is 4.00. The Labute approximate surface area is 130 Å². The molecule has 0 atom stereocenters. The number of nitrogens with zero attached hydrogens (tertiary/aromatic N) is 3. The second-order valence-electron chi connectivity index (χ2n) is 5.45. The number of nitrogens with one attached hydrogen (secondary N) is 1. The summed E-state index contributed by atoms with van der Waals surface area (Å²) >= 11 is 4.89. The first-order valence-electron chi connectivity index (χ1n) is 7.32. The van der Waals surface area contributed by atoms with Gasteiger partial charge in [0.15, 0.2) is 0 Å². The van der Waals surface area contributed by atoms with Crippen LogP contribution in [0.25, 0.3) is 22.4 Å². The molecular formula is C15H14N4O2S. The lowest BCUT2D eigenvalue weighted by atomic mass is 10.1. The van der Waals surface area contributed by atoms with Gasteiger partial charge in [0.2, 0.25) is 5.89 Å². The third-order valence-corrected chi connectivity index (χ3v) is 4.18. The Morgan fingerprint density at radius 3 is 3.00 bits per heavy atom. The van der Waals surface area contributed by atoms with Gasteiger partial charge in [-0.25, -0.2) is 10.1 Å². The Kier molecular flexibility index (Phi) is 3.15. The second kappa shape index (κ2) is 5.17. The van der Waals surface area contributed by atoms with E-state index in [4.69, 9.17) is 16.6 Å². The highest BCUT2D eigenvalue weighted by Crippen LogP contribution is 2.22. The van der Waals surface area contributed by atoms with Crippen molar-refractivity contribution in [1.82, 2.24) is 19.7 Å². The van der Waals surface area contributed by atoms with Crippen LogP contribution in [0.3, 0.4) is 0 Å². The fourth-order valence-electron chi connectivity index (χ4n) is 2.90. The van der Waals surface area contributed by atoms with E-state index < -0.39 is 0 Å². The van der Waals surface area contributed by atoms with Crippen molar-refractivity contribution in [3.05, 3.63) is 39.2 Å². The topological polar surface area (TPSA) is 76.7 Å². The summed E-state index contributed by atoms with van der Waals surface area (Å²) in [7, 11) is 0. The SMILES string of the molecule is O=c1c2ccc(-c3n[nH]c(=S)o3)cc2nc2n1CCCCC2. The normalized spacial score (nSPS) is 14.7. The molecule has 0 spiro atoms. The van der Waals surface area contributed by atoms with Crippen LogP contribution in [0.2, 0.25) is 0 Å². The second-order valence-corrected chi connectivity index (χ2v) is 5.82. The highest BCUT2D eigenvalue weighted by Gasteiger charge is 2.15. The van der Waals surface area contributed by atoms with Crippen molar-refractivity contribution < 1.29 is 4.42 Å². The van der Waals surface area contributed by atoms with Crippen molar-refractivity contribution in [3.8, 4) is 11.5 Å². The first-order chi connectivity index (χ1) is 10.7. The van der Waals surface area contributed by atoms with Gasteiger partial charge in [0.25, 0.3) is 10.4 Å². The molecule has 1 aromatic carbocycles. The van der Waals surface area contributed by atoms with Gasteiger partial charge in [-0.3, -0.25) is 9.36 Å². The van der Waals surface area contributed by atoms with Crippen LogP contribution in [-0.2, 0) is 13.0 Å². The first-order valence-corrected chi connectivity index (χ1v) is 7.72. The van der Waals surface area contributed by atoms with Gasteiger partial charge in [0.1, 0.15) is 5.82 Å². The molecule has 0 saturated carbocycles. The van der Waals surface area contributed by atoms with Crippen molar-refractivity contribution in [2.45, 2.75) is 32.2 Å². The van der Waals surface area contributed by atoms with Gasteiger partial charge in [-0.15, -0.1) is 5.10 Å². The average molecular weight is 314 g/mol. The van der Waals surface area contributed by atoms with Crippen molar-refractivity contribution in [2.75, 3.05) is 0 Å². The Morgan fingerprint density at radius 1 is 1.27 bits per heavy atom. The van der Waals surface area contributed by atoms with E-state index in [-0.39, 0.29) is 10.4 Å². The van der Waals surface area contributed by atoms with E-state index in [0.29, 0.717) is 16.8 Å². The van der Waals surface area contributed by atoms with E-state index in [1.807, 2.05) is 16.7 Å². The highest BCUT2D eigenvalue weighted by atomic mass is 32.1. The molecule has 4 rings (SSSR count). The molecule has 112 valence electrons. The zero-order chi connectivity index (χ0) is 15.1. The summed E-state index contributed by atoms with van der Waals surface area (Å²) in [5, 5.41) is 7.24. The number of hydrogen-bond acceptors (Lipinski definition) is 5. The van der Waals surface area contributed by atoms with Gasteiger partial charge in [0, 0.05) is 18.5 Å². The first kappa shape index (κ1) is 13.4. The van der Waals surface area contributed by atoms with Gasteiger partial charge >= 0.3 is 0 Å². The summed E-state index contributed by atoms with van der Waals surface area (Å²) in [6.07, 6.45) is 4.09. The molecule has 3 aromatic rings. The molecule has 0 aliphatic carbocycles. The number of hydrogen-bond donors (Lipinski definition) is 1. The highest BCUT2D eigenvalue weighted by molar-refractivity contribution is 7.71. The minimum atomic E-state index is 0.0383. The Morgan fingerprint density at radius 2 is 2.18 bits per heavy atom. The quantitative estimate of drug-likeness (QED) is 0.699. The van der Waals surface area contributed by atoms with E-state index in [2.05, 4.69) is 15.2 Å². The molecular weight excluding hydrogens is 300 g/mol. The molecule has 0 unspecified atom stereocenters. The Balaban J connectivity index is 1.93. The van der Waals surface area contributed by atoms with Crippen LogP contribution < -0.4 is 5.56 Å². The van der Waals surface area contributed by atoms with E-state index in [1.165, 1.54) is 0 Å². The molecule has 1 N–H and O–H groups in total. The number of aromatic nitrogens is 4. The minimum Gasteiger partial charge on any atom is -0.409 e. The largest absolute Gasteiger partial charge is 0.409 e. The molecule has 7 heteroatoms. The van der Waals surface area contributed by atoms with Crippen molar-refractivity contribution in [1.29, 1.82) is 0 Å². The molecule has 22 heavy (non-hydrogen) atoms. The number of benzene rings is 1. The molecule has 0 bridgehead atoms. The van der Waals surface area contributed by atoms with Gasteiger partial charge in [-0.1, -0.05) is 6.42 Å². The van der Waals surface area contributed by atoms with Crippen molar-refractivity contribution in [3.63, 3.8) is 0 Å². The zero-order valence-corrected chi connectivity index (χ0v) is 12.7. The smallest absolute Gasteiger partial charge is 0.284 e. The molecule has 6 nitrogen and oxygen atoms in total. The molecule has 0 radical (unpaired) electrons.